The van der Waals surface area contributed by atoms with Gasteiger partial charge in [-0.15, -0.1) is 0 Å². The Hall–Kier alpha value is -2.40. The number of carbonyl (C=O) groups excluding carboxylic acids is 1. The van der Waals surface area contributed by atoms with Gasteiger partial charge in [0.05, 0.1) is 13.2 Å². The van der Waals surface area contributed by atoms with Gasteiger partial charge in [0.15, 0.2) is 0 Å². The van der Waals surface area contributed by atoms with Crippen molar-refractivity contribution in [1.82, 2.24) is 10.3 Å². The molecule has 5 nitrogen and oxygen atoms in total. The van der Waals surface area contributed by atoms with E-state index >= 15 is 0 Å². The number of aliphatic hydroxyl groups is 1. The van der Waals surface area contributed by atoms with Gasteiger partial charge in [0.2, 0.25) is 5.88 Å². The third-order valence-electron chi connectivity index (χ3n) is 2.85. The molecule has 1 aromatic carbocycles. The number of aromatic nitrogens is 1. The highest BCUT2D eigenvalue weighted by molar-refractivity contribution is 5.96. The summed E-state index contributed by atoms with van der Waals surface area (Å²) in [5.41, 5.74) is 1.10. The van der Waals surface area contributed by atoms with E-state index in [-0.39, 0.29) is 18.3 Å². The summed E-state index contributed by atoms with van der Waals surface area (Å²) >= 11 is 0. The number of nitrogens with one attached hydrogen (secondary N) is 1. The third kappa shape index (κ3) is 3.33. The molecule has 2 aromatic rings. The Morgan fingerprint density at radius 1 is 1.30 bits per heavy atom. The van der Waals surface area contributed by atoms with Crippen molar-refractivity contribution in [3.63, 3.8) is 0 Å². The van der Waals surface area contributed by atoms with Crippen molar-refractivity contribution in [1.29, 1.82) is 0 Å². The zero-order valence-electron chi connectivity index (χ0n) is 11.1. The van der Waals surface area contributed by atoms with E-state index in [0.717, 1.165) is 5.56 Å². The zero-order valence-corrected chi connectivity index (χ0v) is 11.1. The lowest BCUT2D eigenvalue weighted by Gasteiger charge is -2.13. The fourth-order valence-electron chi connectivity index (χ4n) is 1.80. The molecule has 1 aromatic heterocycles. The van der Waals surface area contributed by atoms with Crippen LogP contribution in [0.3, 0.4) is 0 Å². The first-order valence-corrected chi connectivity index (χ1v) is 6.22. The third-order valence-corrected chi connectivity index (χ3v) is 2.85. The highest BCUT2D eigenvalue weighted by Gasteiger charge is 2.14. The van der Waals surface area contributed by atoms with Gasteiger partial charge in [0.1, 0.15) is 5.56 Å². The summed E-state index contributed by atoms with van der Waals surface area (Å²) in [6.07, 6.45) is 0.803. The van der Waals surface area contributed by atoms with E-state index in [2.05, 4.69) is 10.3 Å². The van der Waals surface area contributed by atoms with Crippen molar-refractivity contribution in [3.8, 4) is 5.88 Å². The van der Waals surface area contributed by atoms with E-state index < -0.39 is 6.10 Å². The summed E-state index contributed by atoms with van der Waals surface area (Å²) in [5, 5.41) is 12.6. The lowest BCUT2D eigenvalue weighted by Crippen LogP contribution is -2.28. The number of hydrogen-bond donors (Lipinski definition) is 2. The van der Waals surface area contributed by atoms with Crippen LogP contribution in [0.2, 0.25) is 0 Å². The van der Waals surface area contributed by atoms with Crippen LogP contribution in [0, 0.1) is 0 Å². The first-order valence-electron chi connectivity index (χ1n) is 6.22. The van der Waals surface area contributed by atoms with Gasteiger partial charge in [0, 0.05) is 12.7 Å². The Bertz CT molecular complexity index is 572. The monoisotopic (exact) mass is 272 g/mol. The molecule has 0 saturated carbocycles. The normalized spacial score (nSPS) is 11.7. The predicted molar refractivity (Wildman–Crippen MR) is 74.5 cm³/mol. The molecular formula is C15H16N2O3. The van der Waals surface area contributed by atoms with Crippen LogP contribution >= 0.6 is 0 Å². The fourth-order valence-corrected chi connectivity index (χ4v) is 1.80. The summed E-state index contributed by atoms with van der Waals surface area (Å²) in [6, 6.07) is 12.4. The number of pyridine rings is 1. The molecule has 0 spiro atoms. The second-order valence-corrected chi connectivity index (χ2v) is 4.20. The topological polar surface area (TPSA) is 71.5 Å². The number of amides is 1. The molecule has 0 aliphatic heterocycles. The summed E-state index contributed by atoms with van der Waals surface area (Å²) < 4.78 is 5.02. The molecule has 2 rings (SSSR count). The first kappa shape index (κ1) is 14.0. The van der Waals surface area contributed by atoms with Crippen LogP contribution in [0.15, 0.2) is 48.7 Å². The van der Waals surface area contributed by atoms with Crippen molar-refractivity contribution in [2.75, 3.05) is 13.7 Å². The molecule has 0 aliphatic rings. The molecule has 1 amide bonds. The maximum Gasteiger partial charge on any atom is 0.256 e. The molecule has 1 atom stereocenters. The van der Waals surface area contributed by atoms with Crippen LogP contribution < -0.4 is 10.1 Å². The Labute approximate surface area is 117 Å². The van der Waals surface area contributed by atoms with Gasteiger partial charge in [-0.05, 0) is 17.7 Å². The van der Waals surface area contributed by atoms with E-state index in [4.69, 9.17) is 4.74 Å². The summed E-state index contributed by atoms with van der Waals surface area (Å²) in [7, 11) is 1.46. The van der Waals surface area contributed by atoms with Gasteiger partial charge in [-0.2, -0.15) is 0 Å². The lowest BCUT2D eigenvalue weighted by molar-refractivity contribution is 0.0912. The summed E-state index contributed by atoms with van der Waals surface area (Å²) in [5.74, 6) is -0.0656. The van der Waals surface area contributed by atoms with Crippen LogP contribution in [0.1, 0.15) is 22.0 Å². The maximum atomic E-state index is 12.0. The number of rotatable bonds is 5. The second-order valence-electron chi connectivity index (χ2n) is 4.20. The standard InChI is InChI=1S/C15H16N2O3/c1-20-15-12(8-5-9-16-15)14(19)17-10-13(18)11-6-3-2-4-7-11/h2-9,13,18H,10H2,1H3,(H,17,19). The average molecular weight is 272 g/mol. The molecular weight excluding hydrogens is 256 g/mol. The Morgan fingerprint density at radius 2 is 2.05 bits per heavy atom. The molecule has 0 saturated heterocycles. The number of carbonyl (C=O) groups is 1. The molecule has 104 valence electrons. The maximum absolute atomic E-state index is 12.0. The van der Waals surface area contributed by atoms with Crippen molar-refractivity contribution in [2.24, 2.45) is 0 Å². The highest BCUT2D eigenvalue weighted by Crippen LogP contribution is 2.14. The minimum absolute atomic E-state index is 0.126. The zero-order chi connectivity index (χ0) is 14.4. The molecule has 0 radical (unpaired) electrons. The highest BCUT2D eigenvalue weighted by atomic mass is 16.5. The molecule has 20 heavy (non-hydrogen) atoms. The minimum Gasteiger partial charge on any atom is -0.480 e. The van der Waals surface area contributed by atoms with E-state index in [9.17, 15) is 9.90 Å². The fraction of sp³-hybridized carbons (Fsp3) is 0.200. The van der Waals surface area contributed by atoms with Gasteiger partial charge in [-0.3, -0.25) is 4.79 Å². The summed E-state index contributed by atoms with van der Waals surface area (Å²) in [6.45, 7) is 0.126. The van der Waals surface area contributed by atoms with E-state index in [0.29, 0.717) is 5.56 Å². The lowest BCUT2D eigenvalue weighted by atomic mass is 10.1. The smallest absolute Gasteiger partial charge is 0.256 e. The Kier molecular flexibility index (Phi) is 4.68. The largest absolute Gasteiger partial charge is 0.480 e. The molecule has 0 fully saturated rings. The van der Waals surface area contributed by atoms with Gasteiger partial charge >= 0.3 is 0 Å². The number of methoxy groups -OCH3 is 1. The average Bonchev–Trinajstić information content (AvgIpc) is 2.53. The van der Waals surface area contributed by atoms with E-state index in [1.807, 2.05) is 30.3 Å². The van der Waals surface area contributed by atoms with Crippen molar-refractivity contribution >= 4 is 5.91 Å². The number of ether oxygens (including phenoxy) is 1. The van der Waals surface area contributed by atoms with Crippen LogP contribution in [-0.4, -0.2) is 29.7 Å². The van der Waals surface area contributed by atoms with Crippen LogP contribution in [0.5, 0.6) is 5.88 Å². The van der Waals surface area contributed by atoms with Crippen molar-refractivity contribution in [2.45, 2.75) is 6.10 Å². The van der Waals surface area contributed by atoms with Gasteiger partial charge in [-0.25, -0.2) is 4.98 Å². The van der Waals surface area contributed by atoms with Crippen LogP contribution in [0.25, 0.3) is 0 Å². The molecule has 0 aliphatic carbocycles. The van der Waals surface area contributed by atoms with E-state index in [1.54, 1.807) is 18.3 Å². The second kappa shape index (κ2) is 6.68. The first-order chi connectivity index (χ1) is 9.72. The number of hydrogen-bond acceptors (Lipinski definition) is 4. The quantitative estimate of drug-likeness (QED) is 0.866. The number of nitrogens with zero attached hydrogens (tertiary/aromatic N) is 1. The predicted octanol–water partition coefficient (Wildman–Crippen LogP) is 1.55. The van der Waals surface area contributed by atoms with Crippen molar-refractivity contribution in [3.05, 3.63) is 59.8 Å². The molecule has 1 unspecified atom stereocenters. The Balaban J connectivity index is 1.99. The van der Waals surface area contributed by atoms with Gasteiger partial charge in [-0.1, -0.05) is 30.3 Å². The molecule has 0 bridgehead atoms. The molecule has 5 heteroatoms. The Morgan fingerprint density at radius 3 is 2.75 bits per heavy atom. The van der Waals surface area contributed by atoms with Crippen LogP contribution in [0.4, 0.5) is 0 Å². The number of benzene rings is 1. The van der Waals surface area contributed by atoms with E-state index in [1.165, 1.54) is 7.11 Å². The SMILES string of the molecule is COc1ncccc1C(=O)NCC(O)c1ccccc1. The van der Waals surface area contributed by atoms with Crippen molar-refractivity contribution < 1.29 is 14.6 Å². The number of aliphatic hydroxyl groups excluding tert-OH is 1. The van der Waals surface area contributed by atoms with Crippen LogP contribution in [-0.2, 0) is 0 Å². The van der Waals surface area contributed by atoms with Gasteiger partial charge < -0.3 is 15.2 Å². The summed E-state index contributed by atoms with van der Waals surface area (Å²) in [4.78, 5) is 16.0. The van der Waals surface area contributed by atoms with Gasteiger partial charge in [0.25, 0.3) is 5.91 Å². The minimum atomic E-state index is -0.747. The molecule has 1 heterocycles. The molecule has 2 N–H and O–H groups in total.